The van der Waals surface area contributed by atoms with E-state index in [0.29, 0.717) is 17.4 Å². The van der Waals surface area contributed by atoms with Crippen LogP contribution < -0.4 is 14.8 Å². The normalized spacial score (nSPS) is 17.3. The molecule has 3 rings (SSSR count). The summed E-state index contributed by atoms with van der Waals surface area (Å²) in [6.45, 7) is 5.00. The summed E-state index contributed by atoms with van der Waals surface area (Å²) in [4.78, 5) is 6.99. The van der Waals surface area contributed by atoms with Gasteiger partial charge in [0.15, 0.2) is 5.96 Å². The zero-order chi connectivity index (χ0) is 20.6. The number of likely N-dealkylation sites (tertiary alicyclic amines) is 1. The fourth-order valence-electron chi connectivity index (χ4n) is 3.68. The third-order valence-electron chi connectivity index (χ3n) is 5.27. The number of hydrogen-bond acceptors (Lipinski definition) is 4. The molecule has 1 aliphatic heterocycles. The van der Waals surface area contributed by atoms with Gasteiger partial charge in [0.05, 0.1) is 26.9 Å². The molecule has 2 aromatic carbocycles. The molecular formula is C23H32IN3O3. The minimum atomic E-state index is -0.736. The lowest BCUT2D eigenvalue weighted by atomic mass is 9.99. The zero-order valence-corrected chi connectivity index (χ0v) is 20.2. The molecule has 1 saturated heterocycles. The number of hydrogen-bond donors (Lipinski definition) is 2. The first kappa shape index (κ1) is 24.3. The van der Waals surface area contributed by atoms with Crippen LogP contribution >= 0.6 is 24.0 Å². The molecule has 1 aliphatic rings. The van der Waals surface area contributed by atoms with Gasteiger partial charge in [0.1, 0.15) is 11.5 Å². The molecule has 0 spiro atoms. The summed E-state index contributed by atoms with van der Waals surface area (Å²) >= 11 is 0. The largest absolute Gasteiger partial charge is 0.497 e. The summed E-state index contributed by atoms with van der Waals surface area (Å²) in [5.41, 5.74) is 2.10. The standard InChI is InChI=1S/C23H31N3O3.HI/c1-4-24-23(26-11-10-18(16-26)17-8-6-5-7-9-17)25-15-22(27)19-12-20(28-2)14-21(13-19)29-3;/h5-9,12-14,18,22,27H,4,10-11,15-16H2,1-3H3,(H,24,25);1H. The molecule has 2 N–H and O–H groups in total. The molecule has 0 amide bonds. The molecule has 1 fully saturated rings. The van der Waals surface area contributed by atoms with Gasteiger partial charge in [0, 0.05) is 31.6 Å². The topological polar surface area (TPSA) is 66.3 Å². The van der Waals surface area contributed by atoms with Gasteiger partial charge in [0.2, 0.25) is 0 Å². The number of nitrogens with zero attached hydrogens (tertiary/aromatic N) is 2. The van der Waals surface area contributed by atoms with Gasteiger partial charge in [-0.15, -0.1) is 24.0 Å². The fourth-order valence-corrected chi connectivity index (χ4v) is 3.68. The van der Waals surface area contributed by atoms with Crippen LogP contribution in [-0.2, 0) is 0 Å². The molecule has 2 atom stereocenters. The zero-order valence-electron chi connectivity index (χ0n) is 17.9. The minimum Gasteiger partial charge on any atom is -0.497 e. The molecule has 0 saturated carbocycles. The van der Waals surface area contributed by atoms with Crippen molar-refractivity contribution >= 4 is 29.9 Å². The number of rotatable bonds is 7. The van der Waals surface area contributed by atoms with Crippen LogP contribution in [0.5, 0.6) is 11.5 Å². The lowest BCUT2D eigenvalue weighted by Crippen LogP contribution is -2.40. The summed E-state index contributed by atoms with van der Waals surface area (Å²) in [6.07, 6.45) is 0.365. The molecular weight excluding hydrogens is 493 g/mol. The summed E-state index contributed by atoms with van der Waals surface area (Å²) < 4.78 is 10.6. The molecule has 0 aromatic heterocycles. The highest BCUT2D eigenvalue weighted by Crippen LogP contribution is 2.28. The second kappa shape index (κ2) is 12.0. The van der Waals surface area contributed by atoms with Gasteiger partial charge in [-0.05, 0) is 36.6 Å². The minimum absolute atomic E-state index is 0. The third-order valence-corrected chi connectivity index (χ3v) is 5.27. The van der Waals surface area contributed by atoms with E-state index in [2.05, 4.69) is 47.5 Å². The molecule has 7 heteroatoms. The van der Waals surface area contributed by atoms with Crippen molar-refractivity contribution < 1.29 is 14.6 Å². The Balaban J connectivity index is 0.00000320. The Labute approximate surface area is 196 Å². The molecule has 30 heavy (non-hydrogen) atoms. The van der Waals surface area contributed by atoms with E-state index in [1.807, 2.05) is 12.1 Å². The van der Waals surface area contributed by atoms with Crippen LogP contribution in [0.4, 0.5) is 0 Å². The Bertz CT molecular complexity index is 794. The maximum absolute atomic E-state index is 10.7. The molecule has 1 heterocycles. The predicted molar refractivity (Wildman–Crippen MR) is 131 cm³/mol. The van der Waals surface area contributed by atoms with Crippen LogP contribution in [0.15, 0.2) is 53.5 Å². The van der Waals surface area contributed by atoms with Crippen molar-refractivity contribution in [1.82, 2.24) is 10.2 Å². The number of aliphatic imine (C=N–C) groups is 1. The Morgan fingerprint density at radius 1 is 1.17 bits per heavy atom. The number of aliphatic hydroxyl groups excluding tert-OH is 1. The summed E-state index contributed by atoms with van der Waals surface area (Å²) in [5.74, 6) is 2.66. The Kier molecular flexibility index (Phi) is 9.71. The first-order valence-corrected chi connectivity index (χ1v) is 10.1. The molecule has 6 nitrogen and oxygen atoms in total. The van der Waals surface area contributed by atoms with Gasteiger partial charge in [-0.1, -0.05) is 30.3 Å². The summed E-state index contributed by atoms with van der Waals surface area (Å²) in [5, 5.41) is 14.0. The van der Waals surface area contributed by atoms with Crippen molar-refractivity contribution in [3.8, 4) is 11.5 Å². The lowest BCUT2D eigenvalue weighted by molar-refractivity contribution is 0.185. The average Bonchev–Trinajstić information content (AvgIpc) is 3.26. The summed E-state index contributed by atoms with van der Waals surface area (Å²) in [6, 6.07) is 16.0. The Morgan fingerprint density at radius 3 is 2.43 bits per heavy atom. The van der Waals surface area contributed by atoms with Crippen LogP contribution in [0.3, 0.4) is 0 Å². The van der Waals surface area contributed by atoms with Gasteiger partial charge in [-0.2, -0.15) is 0 Å². The number of benzene rings is 2. The lowest BCUT2D eigenvalue weighted by Gasteiger charge is -2.22. The van der Waals surface area contributed by atoms with E-state index < -0.39 is 6.10 Å². The first-order chi connectivity index (χ1) is 14.1. The van der Waals surface area contributed by atoms with Gasteiger partial charge in [0.25, 0.3) is 0 Å². The third kappa shape index (κ3) is 6.25. The van der Waals surface area contributed by atoms with Crippen molar-refractivity contribution in [3.05, 3.63) is 59.7 Å². The number of aliphatic hydroxyl groups is 1. The Morgan fingerprint density at radius 2 is 1.83 bits per heavy atom. The van der Waals surface area contributed by atoms with Crippen LogP contribution in [0.25, 0.3) is 0 Å². The molecule has 0 bridgehead atoms. The van der Waals surface area contributed by atoms with E-state index in [1.165, 1.54) is 5.56 Å². The molecule has 0 aliphatic carbocycles. The smallest absolute Gasteiger partial charge is 0.194 e. The number of guanidine groups is 1. The van der Waals surface area contributed by atoms with E-state index in [4.69, 9.17) is 14.5 Å². The fraction of sp³-hybridized carbons (Fsp3) is 0.435. The molecule has 0 radical (unpaired) electrons. The Hall–Kier alpha value is -2.00. The van der Waals surface area contributed by atoms with E-state index >= 15 is 0 Å². The van der Waals surface area contributed by atoms with Crippen molar-refractivity contribution in [3.63, 3.8) is 0 Å². The average molecular weight is 525 g/mol. The van der Waals surface area contributed by atoms with E-state index in [9.17, 15) is 5.11 Å². The molecule has 2 unspecified atom stereocenters. The van der Waals surface area contributed by atoms with Gasteiger partial charge in [-0.25, -0.2) is 0 Å². The maximum atomic E-state index is 10.7. The summed E-state index contributed by atoms with van der Waals surface area (Å²) in [7, 11) is 3.20. The quantitative estimate of drug-likeness (QED) is 0.327. The van der Waals surface area contributed by atoms with Crippen LogP contribution in [0.1, 0.15) is 36.5 Å². The second-order valence-corrected chi connectivity index (χ2v) is 7.20. The molecule has 2 aromatic rings. The number of ether oxygens (including phenoxy) is 2. The second-order valence-electron chi connectivity index (χ2n) is 7.20. The number of methoxy groups -OCH3 is 2. The van der Waals surface area contributed by atoms with Crippen molar-refractivity contribution in [2.45, 2.75) is 25.4 Å². The van der Waals surface area contributed by atoms with Crippen molar-refractivity contribution in [2.24, 2.45) is 4.99 Å². The number of halogens is 1. The SMILES string of the molecule is CCNC(=NCC(O)c1cc(OC)cc(OC)c1)N1CCC(c2ccccc2)C1.I. The van der Waals surface area contributed by atoms with E-state index in [-0.39, 0.29) is 30.5 Å². The highest BCUT2D eigenvalue weighted by Gasteiger charge is 2.26. The van der Waals surface area contributed by atoms with Gasteiger partial charge < -0.3 is 24.8 Å². The van der Waals surface area contributed by atoms with Crippen LogP contribution in [-0.4, -0.2) is 56.4 Å². The van der Waals surface area contributed by atoms with Crippen LogP contribution in [0.2, 0.25) is 0 Å². The van der Waals surface area contributed by atoms with Crippen LogP contribution in [0, 0.1) is 0 Å². The van der Waals surface area contributed by atoms with Gasteiger partial charge in [-0.3, -0.25) is 4.99 Å². The van der Waals surface area contributed by atoms with Gasteiger partial charge >= 0.3 is 0 Å². The first-order valence-electron chi connectivity index (χ1n) is 10.1. The monoisotopic (exact) mass is 525 g/mol. The maximum Gasteiger partial charge on any atom is 0.194 e. The molecule has 164 valence electrons. The highest BCUT2D eigenvalue weighted by molar-refractivity contribution is 14.0. The highest BCUT2D eigenvalue weighted by atomic mass is 127. The van der Waals surface area contributed by atoms with Crippen molar-refractivity contribution in [1.29, 1.82) is 0 Å². The van der Waals surface area contributed by atoms with E-state index in [1.54, 1.807) is 20.3 Å². The van der Waals surface area contributed by atoms with E-state index in [0.717, 1.165) is 37.6 Å². The predicted octanol–water partition coefficient (Wildman–Crippen LogP) is 3.81. The van der Waals surface area contributed by atoms with Crippen molar-refractivity contribution in [2.75, 3.05) is 40.4 Å². The number of nitrogens with one attached hydrogen (secondary N) is 1.